The molecule has 32 heavy (non-hydrogen) atoms. The molecule has 1 aliphatic rings. The SMILES string of the molecule is N#Cc1ccccc1NC(=O)/C(=N\Nc1ccc([N+](=O)[O-])cc1)C1C(=O)NC(=O)NC1=O. The van der Waals surface area contributed by atoms with Crippen LogP contribution in [-0.2, 0) is 14.4 Å². The third-order valence-corrected chi connectivity index (χ3v) is 4.18. The zero-order valence-electron chi connectivity index (χ0n) is 16.0. The molecule has 0 aromatic heterocycles. The zero-order chi connectivity index (χ0) is 23.3. The number of carbonyl (C=O) groups is 4. The Bertz CT molecular complexity index is 1180. The van der Waals surface area contributed by atoms with Crippen LogP contribution in [0.1, 0.15) is 5.56 Å². The molecule has 13 nitrogen and oxygen atoms in total. The largest absolute Gasteiger partial charge is 0.328 e. The van der Waals surface area contributed by atoms with Crippen molar-refractivity contribution in [3.8, 4) is 6.07 Å². The van der Waals surface area contributed by atoms with Crippen LogP contribution in [-0.4, -0.2) is 34.4 Å². The number of carbonyl (C=O) groups excluding carboxylic acids is 4. The minimum Gasteiger partial charge on any atom is -0.320 e. The molecule has 4 N–H and O–H groups in total. The van der Waals surface area contributed by atoms with Crippen molar-refractivity contribution < 1.29 is 24.1 Å². The van der Waals surface area contributed by atoms with Crippen molar-refractivity contribution >= 4 is 46.5 Å². The lowest BCUT2D eigenvalue weighted by molar-refractivity contribution is -0.384. The summed E-state index contributed by atoms with van der Waals surface area (Å²) in [5.41, 5.74) is 2.10. The molecule has 0 atom stereocenters. The highest BCUT2D eigenvalue weighted by Gasteiger charge is 2.41. The first-order valence-corrected chi connectivity index (χ1v) is 8.84. The second kappa shape index (κ2) is 9.13. The highest BCUT2D eigenvalue weighted by atomic mass is 16.6. The maximum Gasteiger partial charge on any atom is 0.328 e. The van der Waals surface area contributed by atoms with Crippen molar-refractivity contribution in [3.63, 3.8) is 0 Å². The molecule has 5 amide bonds. The minimum absolute atomic E-state index is 0.107. The lowest BCUT2D eigenvalue weighted by atomic mass is 9.98. The molecule has 1 aliphatic heterocycles. The summed E-state index contributed by atoms with van der Waals surface area (Å²) in [4.78, 5) is 58.9. The number of hydrogen-bond donors (Lipinski definition) is 4. The van der Waals surface area contributed by atoms with Crippen LogP contribution in [0.2, 0.25) is 0 Å². The first kappa shape index (κ1) is 21.6. The molecular formula is C19H13N7O6. The van der Waals surface area contributed by atoms with Crippen LogP contribution < -0.4 is 21.4 Å². The highest BCUT2D eigenvalue weighted by Crippen LogP contribution is 2.18. The number of nitro benzene ring substituents is 1. The van der Waals surface area contributed by atoms with Crippen molar-refractivity contribution in [2.75, 3.05) is 10.7 Å². The van der Waals surface area contributed by atoms with Gasteiger partial charge < -0.3 is 5.32 Å². The van der Waals surface area contributed by atoms with Gasteiger partial charge in [0, 0.05) is 12.1 Å². The molecule has 2 aromatic carbocycles. The number of amides is 5. The fourth-order valence-corrected chi connectivity index (χ4v) is 2.67. The van der Waals surface area contributed by atoms with Gasteiger partial charge in [0.15, 0.2) is 5.92 Å². The number of nitro groups is 1. The molecule has 13 heteroatoms. The number of barbiturate groups is 1. The number of nitriles is 1. The summed E-state index contributed by atoms with van der Waals surface area (Å²) in [7, 11) is 0. The lowest BCUT2D eigenvalue weighted by Gasteiger charge is -2.21. The third kappa shape index (κ3) is 4.71. The molecule has 0 spiro atoms. The number of para-hydroxylation sites is 1. The van der Waals surface area contributed by atoms with Gasteiger partial charge >= 0.3 is 6.03 Å². The van der Waals surface area contributed by atoms with E-state index in [1.54, 1.807) is 12.1 Å². The highest BCUT2D eigenvalue weighted by molar-refractivity contribution is 6.51. The number of non-ortho nitro benzene ring substituents is 1. The van der Waals surface area contributed by atoms with Gasteiger partial charge in [0.05, 0.1) is 21.9 Å². The first-order chi connectivity index (χ1) is 15.3. The standard InChI is InChI=1S/C19H13N7O6/c20-9-10-3-1-2-4-13(10)21-18(29)15(14-16(27)22-19(30)23-17(14)28)25-24-11-5-7-12(8-6-11)26(31)32/h1-8,14,24H,(H,21,29)(H2,22,23,27,28,30)/b25-15-. The smallest absolute Gasteiger partial charge is 0.320 e. The number of nitrogens with one attached hydrogen (secondary N) is 4. The summed E-state index contributed by atoms with van der Waals surface area (Å²) in [6.45, 7) is 0. The maximum atomic E-state index is 12.9. The van der Waals surface area contributed by atoms with E-state index in [1.807, 2.05) is 16.7 Å². The zero-order valence-corrected chi connectivity index (χ0v) is 16.0. The van der Waals surface area contributed by atoms with Crippen molar-refractivity contribution in [1.29, 1.82) is 5.26 Å². The van der Waals surface area contributed by atoms with E-state index in [-0.39, 0.29) is 22.6 Å². The number of imide groups is 2. The average Bonchev–Trinajstić information content (AvgIpc) is 2.76. The quantitative estimate of drug-likeness (QED) is 0.222. The van der Waals surface area contributed by atoms with Gasteiger partial charge in [0.1, 0.15) is 11.8 Å². The molecule has 0 bridgehead atoms. The number of hydrogen-bond acceptors (Lipinski definition) is 9. The van der Waals surface area contributed by atoms with Crippen molar-refractivity contribution in [2.24, 2.45) is 11.0 Å². The van der Waals surface area contributed by atoms with Gasteiger partial charge in [-0.25, -0.2) is 4.79 Å². The van der Waals surface area contributed by atoms with E-state index in [1.165, 1.54) is 36.4 Å². The maximum absolute atomic E-state index is 12.9. The molecule has 1 heterocycles. The van der Waals surface area contributed by atoms with Gasteiger partial charge in [-0.3, -0.25) is 40.6 Å². The second-order valence-corrected chi connectivity index (χ2v) is 6.26. The fraction of sp³-hybridized carbons (Fsp3) is 0.0526. The average molecular weight is 435 g/mol. The molecular weight excluding hydrogens is 422 g/mol. The van der Waals surface area contributed by atoms with E-state index in [2.05, 4.69) is 15.8 Å². The van der Waals surface area contributed by atoms with E-state index in [0.717, 1.165) is 0 Å². The Hall–Kier alpha value is -5.12. The van der Waals surface area contributed by atoms with Gasteiger partial charge in [0.2, 0.25) is 11.8 Å². The van der Waals surface area contributed by atoms with Crippen LogP contribution >= 0.6 is 0 Å². The van der Waals surface area contributed by atoms with Crippen molar-refractivity contribution in [1.82, 2.24) is 10.6 Å². The second-order valence-electron chi connectivity index (χ2n) is 6.26. The predicted molar refractivity (Wildman–Crippen MR) is 109 cm³/mol. The number of urea groups is 1. The van der Waals surface area contributed by atoms with Gasteiger partial charge in [-0.15, -0.1) is 0 Å². The monoisotopic (exact) mass is 435 g/mol. The molecule has 0 saturated carbocycles. The molecule has 1 fully saturated rings. The molecule has 0 radical (unpaired) electrons. The van der Waals surface area contributed by atoms with Crippen LogP contribution in [0.15, 0.2) is 53.6 Å². The first-order valence-electron chi connectivity index (χ1n) is 8.84. The summed E-state index contributed by atoms with van der Waals surface area (Å²) in [6, 6.07) is 11.8. The van der Waals surface area contributed by atoms with Gasteiger partial charge in [-0.1, -0.05) is 12.1 Å². The van der Waals surface area contributed by atoms with E-state index in [9.17, 15) is 34.6 Å². The van der Waals surface area contributed by atoms with Gasteiger partial charge in [0.25, 0.3) is 11.6 Å². The third-order valence-electron chi connectivity index (χ3n) is 4.18. The van der Waals surface area contributed by atoms with Gasteiger partial charge in [-0.05, 0) is 24.3 Å². The van der Waals surface area contributed by atoms with Crippen LogP contribution in [0.5, 0.6) is 0 Å². The van der Waals surface area contributed by atoms with E-state index in [4.69, 9.17) is 0 Å². The summed E-state index contributed by atoms with van der Waals surface area (Å²) >= 11 is 0. The molecule has 0 aliphatic carbocycles. The Labute approximate surface area is 179 Å². The summed E-state index contributed by atoms with van der Waals surface area (Å²) in [5, 5.41) is 29.9. The van der Waals surface area contributed by atoms with Gasteiger partial charge in [-0.2, -0.15) is 10.4 Å². The van der Waals surface area contributed by atoms with Crippen molar-refractivity contribution in [2.45, 2.75) is 0 Å². The van der Waals surface area contributed by atoms with Crippen LogP contribution in [0.25, 0.3) is 0 Å². The Kier molecular flexibility index (Phi) is 6.16. The summed E-state index contributed by atoms with van der Waals surface area (Å²) in [6.07, 6.45) is 0. The molecule has 2 aromatic rings. The number of nitrogens with zero attached hydrogens (tertiary/aromatic N) is 3. The molecule has 1 saturated heterocycles. The fourth-order valence-electron chi connectivity index (χ4n) is 2.67. The van der Waals surface area contributed by atoms with Crippen molar-refractivity contribution in [3.05, 3.63) is 64.2 Å². The van der Waals surface area contributed by atoms with Crippen LogP contribution in [0, 0.1) is 27.4 Å². The Morgan fingerprint density at radius 1 is 1.06 bits per heavy atom. The minimum atomic E-state index is -1.78. The van der Waals surface area contributed by atoms with E-state index < -0.39 is 40.3 Å². The molecule has 3 rings (SSSR count). The van der Waals surface area contributed by atoms with E-state index in [0.29, 0.717) is 0 Å². The molecule has 160 valence electrons. The molecule has 0 unspecified atom stereocenters. The number of rotatable bonds is 6. The number of benzene rings is 2. The van der Waals surface area contributed by atoms with E-state index >= 15 is 0 Å². The van der Waals surface area contributed by atoms with Crippen LogP contribution in [0.3, 0.4) is 0 Å². The van der Waals surface area contributed by atoms with Crippen LogP contribution in [0.4, 0.5) is 21.9 Å². The lowest BCUT2D eigenvalue weighted by Crippen LogP contribution is -2.59. The normalized spacial score (nSPS) is 14.1. The number of hydrazone groups is 1. The Morgan fingerprint density at radius 3 is 2.28 bits per heavy atom. The topological polar surface area (TPSA) is 196 Å². The Balaban J connectivity index is 1.94. The Morgan fingerprint density at radius 2 is 1.69 bits per heavy atom. The summed E-state index contributed by atoms with van der Waals surface area (Å²) in [5.74, 6) is -4.93. The summed E-state index contributed by atoms with van der Waals surface area (Å²) < 4.78 is 0. The number of anilines is 2. The predicted octanol–water partition coefficient (Wildman–Crippen LogP) is 0.855.